The Morgan fingerprint density at radius 3 is 2.94 bits per heavy atom. The zero-order valence-corrected chi connectivity index (χ0v) is 10.9. The van der Waals surface area contributed by atoms with Crippen LogP contribution in [0.3, 0.4) is 0 Å². The lowest BCUT2D eigenvalue weighted by Crippen LogP contribution is -1.94. The molecule has 2 rings (SSSR count). The molecular formula is C9H9ClN4S2. The van der Waals surface area contributed by atoms with Gasteiger partial charge in [-0.15, -0.1) is 0 Å². The summed E-state index contributed by atoms with van der Waals surface area (Å²) in [6, 6.07) is 3.44. The van der Waals surface area contributed by atoms with Gasteiger partial charge in [-0.05, 0) is 30.6 Å². The van der Waals surface area contributed by atoms with Crippen LogP contribution in [0.1, 0.15) is 11.5 Å². The Labute approximate surface area is 106 Å². The van der Waals surface area contributed by atoms with Gasteiger partial charge in [-0.2, -0.15) is 4.37 Å². The van der Waals surface area contributed by atoms with Crippen molar-refractivity contribution in [2.24, 2.45) is 0 Å². The number of rotatable bonds is 3. The topological polar surface area (TPSA) is 64.7 Å². The summed E-state index contributed by atoms with van der Waals surface area (Å²) in [5.41, 5.74) is 6.37. The van der Waals surface area contributed by atoms with Crippen molar-refractivity contribution in [1.29, 1.82) is 0 Å². The predicted molar refractivity (Wildman–Crippen MR) is 67.9 cm³/mol. The third-order valence-electron chi connectivity index (χ3n) is 1.78. The maximum atomic E-state index is 6.00. The minimum Gasteiger partial charge on any atom is -0.384 e. The molecule has 16 heavy (non-hydrogen) atoms. The Kier molecular flexibility index (Phi) is 3.63. The van der Waals surface area contributed by atoms with Crippen molar-refractivity contribution in [3.05, 3.63) is 28.7 Å². The molecule has 2 aromatic rings. The quantitative estimate of drug-likeness (QED) is 0.871. The van der Waals surface area contributed by atoms with E-state index in [1.165, 1.54) is 11.5 Å². The van der Waals surface area contributed by atoms with Gasteiger partial charge in [-0.25, -0.2) is 9.97 Å². The van der Waals surface area contributed by atoms with Crippen molar-refractivity contribution < 1.29 is 0 Å². The maximum absolute atomic E-state index is 6.00. The zero-order chi connectivity index (χ0) is 11.5. The number of pyridine rings is 1. The van der Waals surface area contributed by atoms with Crippen LogP contribution < -0.4 is 5.73 Å². The number of hydrogen-bond acceptors (Lipinski definition) is 6. The molecule has 0 aromatic carbocycles. The molecule has 0 aliphatic rings. The van der Waals surface area contributed by atoms with Gasteiger partial charge in [0.25, 0.3) is 0 Å². The highest BCUT2D eigenvalue weighted by Crippen LogP contribution is 2.27. The molecule has 7 heteroatoms. The van der Waals surface area contributed by atoms with E-state index >= 15 is 0 Å². The molecule has 0 aliphatic carbocycles. The Bertz CT molecular complexity index is 500. The van der Waals surface area contributed by atoms with Crippen molar-refractivity contribution in [3.63, 3.8) is 0 Å². The summed E-state index contributed by atoms with van der Waals surface area (Å²) in [6.07, 6.45) is 0. The van der Waals surface area contributed by atoms with Crippen molar-refractivity contribution in [3.8, 4) is 0 Å². The second kappa shape index (κ2) is 4.99. The van der Waals surface area contributed by atoms with Crippen LogP contribution in [-0.2, 0) is 5.75 Å². The Balaban J connectivity index is 2.07. The highest BCUT2D eigenvalue weighted by atomic mass is 35.5. The molecule has 0 amide bonds. The van der Waals surface area contributed by atoms with E-state index in [0.717, 1.165) is 15.9 Å². The predicted octanol–water partition coefficient (Wildman–Crippen LogP) is 2.77. The summed E-state index contributed by atoms with van der Waals surface area (Å²) >= 11 is 8.94. The van der Waals surface area contributed by atoms with Crippen LogP contribution >= 0.6 is 34.9 Å². The Hall–Kier alpha value is -0.850. The van der Waals surface area contributed by atoms with Crippen LogP contribution in [-0.4, -0.2) is 14.3 Å². The minimum atomic E-state index is 0.480. The van der Waals surface area contributed by atoms with E-state index in [1.807, 2.05) is 6.92 Å². The molecule has 2 aromatic heterocycles. The van der Waals surface area contributed by atoms with Gasteiger partial charge < -0.3 is 5.73 Å². The van der Waals surface area contributed by atoms with Crippen molar-refractivity contribution in [2.45, 2.75) is 17.0 Å². The van der Waals surface area contributed by atoms with Crippen LogP contribution in [0.4, 0.5) is 5.82 Å². The molecule has 0 unspecified atom stereocenters. The molecule has 2 heterocycles. The first-order chi connectivity index (χ1) is 7.65. The lowest BCUT2D eigenvalue weighted by molar-refractivity contribution is 1.10. The van der Waals surface area contributed by atoms with Gasteiger partial charge in [0.15, 0.2) is 4.34 Å². The third kappa shape index (κ3) is 2.84. The van der Waals surface area contributed by atoms with Crippen LogP contribution in [0.25, 0.3) is 0 Å². The van der Waals surface area contributed by atoms with Gasteiger partial charge in [0.2, 0.25) is 0 Å². The summed E-state index contributed by atoms with van der Waals surface area (Å²) in [5.74, 6) is 1.92. The number of aryl methyl sites for hydroxylation is 1. The van der Waals surface area contributed by atoms with Crippen LogP contribution in [0, 0.1) is 6.92 Å². The molecule has 0 spiro atoms. The van der Waals surface area contributed by atoms with Crippen molar-refractivity contribution >= 4 is 40.7 Å². The molecule has 0 saturated carbocycles. The molecule has 0 saturated heterocycles. The molecule has 84 valence electrons. The first-order valence-electron chi connectivity index (χ1n) is 4.49. The summed E-state index contributed by atoms with van der Waals surface area (Å²) in [4.78, 5) is 8.42. The number of anilines is 1. The number of nitrogens with two attached hydrogens (primary N) is 1. The highest BCUT2D eigenvalue weighted by molar-refractivity contribution is 8.00. The average Bonchev–Trinajstić information content (AvgIpc) is 2.66. The third-order valence-corrected chi connectivity index (χ3v) is 4.06. The molecule has 0 aliphatic heterocycles. The van der Waals surface area contributed by atoms with E-state index in [2.05, 4.69) is 14.3 Å². The van der Waals surface area contributed by atoms with Crippen molar-refractivity contribution in [2.75, 3.05) is 5.73 Å². The van der Waals surface area contributed by atoms with Gasteiger partial charge in [-0.3, -0.25) is 0 Å². The number of nitrogens with zero attached hydrogens (tertiary/aromatic N) is 3. The zero-order valence-electron chi connectivity index (χ0n) is 8.48. The smallest absolute Gasteiger partial charge is 0.170 e. The van der Waals surface area contributed by atoms with E-state index < -0.39 is 0 Å². The Morgan fingerprint density at radius 2 is 2.25 bits per heavy atom. The number of aromatic nitrogens is 3. The normalized spacial score (nSPS) is 10.6. The molecule has 0 radical (unpaired) electrons. The van der Waals surface area contributed by atoms with Gasteiger partial charge in [0.05, 0.1) is 10.7 Å². The number of thioether (sulfide) groups is 1. The lowest BCUT2D eigenvalue weighted by Gasteiger charge is -2.02. The van der Waals surface area contributed by atoms with Gasteiger partial charge in [0.1, 0.15) is 11.6 Å². The summed E-state index contributed by atoms with van der Waals surface area (Å²) < 4.78 is 5.02. The van der Waals surface area contributed by atoms with E-state index in [9.17, 15) is 0 Å². The van der Waals surface area contributed by atoms with Gasteiger partial charge in [-0.1, -0.05) is 23.4 Å². The highest BCUT2D eigenvalue weighted by Gasteiger charge is 2.06. The second-order valence-corrected chi connectivity index (χ2v) is 5.44. The van der Waals surface area contributed by atoms with E-state index in [1.54, 1.807) is 23.9 Å². The summed E-state index contributed by atoms with van der Waals surface area (Å²) in [5, 5.41) is 0.628. The maximum Gasteiger partial charge on any atom is 0.170 e. The molecule has 0 bridgehead atoms. The van der Waals surface area contributed by atoms with E-state index in [4.69, 9.17) is 17.3 Å². The molecule has 0 fully saturated rings. The van der Waals surface area contributed by atoms with Gasteiger partial charge in [0, 0.05) is 5.75 Å². The Morgan fingerprint density at radius 1 is 1.44 bits per heavy atom. The fourth-order valence-electron chi connectivity index (χ4n) is 1.07. The summed E-state index contributed by atoms with van der Waals surface area (Å²) in [6.45, 7) is 1.87. The van der Waals surface area contributed by atoms with E-state index in [0.29, 0.717) is 16.6 Å². The van der Waals surface area contributed by atoms with Gasteiger partial charge >= 0.3 is 0 Å². The monoisotopic (exact) mass is 272 g/mol. The lowest BCUT2D eigenvalue weighted by atomic mass is 10.4. The first kappa shape index (κ1) is 11.6. The molecule has 2 N–H and O–H groups in total. The van der Waals surface area contributed by atoms with Crippen LogP contribution in [0.5, 0.6) is 0 Å². The van der Waals surface area contributed by atoms with Crippen LogP contribution in [0.2, 0.25) is 5.02 Å². The standard InChI is InChI=1S/C9H9ClN4S2/c1-5-12-9(16-14-5)15-4-7-6(10)2-3-8(11)13-7/h2-3H,4H2,1H3,(H2,11,13). The second-order valence-electron chi connectivity index (χ2n) is 3.06. The molecule has 4 nitrogen and oxygen atoms in total. The fourth-order valence-corrected chi connectivity index (χ4v) is 2.92. The largest absolute Gasteiger partial charge is 0.384 e. The van der Waals surface area contributed by atoms with E-state index in [-0.39, 0.29) is 0 Å². The fraction of sp³-hybridized carbons (Fsp3) is 0.222. The average molecular weight is 273 g/mol. The first-order valence-corrected chi connectivity index (χ1v) is 6.63. The SMILES string of the molecule is Cc1nsc(SCc2nc(N)ccc2Cl)n1. The minimum absolute atomic E-state index is 0.480. The number of nitrogen functional groups attached to an aromatic ring is 1. The molecular weight excluding hydrogens is 264 g/mol. The number of hydrogen-bond donors (Lipinski definition) is 1. The summed E-state index contributed by atoms with van der Waals surface area (Å²) in [7, 11) is 0. The van der Waals surface area contributed by atoms with Crippen molar-refractivity contribution in [1.82, 2.24) is 14.3 Å². The van der Waals surface area contributed by atoms with Crippen LogP contribution in [0.15, 0.2) is 16.5 Å². The molecule has 0 atom stereocenters. The number of halogens is 1.